The summed E-state index contributed by atoms with van der Waals surface area (Å²) in [5.74, 6) is 1.17. The van der Waals surface area contributed by atoms with Crippen LogP contribution in [0.1, 0.15) is 11.1 Å². The number of nitrogens with one attached hydrogen (secondary N) is 1. The van der Waals surface area contributed by atoms with Crippen LogP contribution in [0.3, 0.4) is 0 Å². The molecule has 2 heterocycles. The van der Waals surface area contributed by atoms with Crippen LogP contribution in [-0.2, 0) is 6.42 Å². The van der Waals surface area contributed by atoms with Gasteiger partial charge in [0.2, 0.25) is 0 Å². The molecule has 0 amide bonds. The standard InChI is InChI=1S/C17H14N2O3/c1-21-13-7-10-11-6-9-4-3-5-18-15(9)16(11)19-17(20)12(10)8-14(13)22-2/h3-5,7-8H,6H2,1-2H3,(H,19,20). The van der Waals surface area contributed by atoms with Gasteiger partial charge in [-0.15, -0.1) is 0 Å². The summed E-state index contributed by atoms with van der Waals surface area (Å²) in [4.78, 5) is 19.8. The first-order valence-electron chi connectivity index (χ1n) is 6.98. The number of aromatic amines is 1. The van der Waals surface area contributed by atoms with E-state index in [4.69, 9.17) is 9.47 Å². The van der Waals surface area contributed by atoms with Gasteiger partial charge in [0.25, 0.3) is 5.56 Å². The number of ether oxygens (including phenoxy) is 2. The Kier molecular flexibility index (Phi) is 2.69. The maximum atomic E-state index is 12.4. The molecule has 0 spiro atoms. The van der Waals surface area contributed by atoms with Crippen molar-refractivity contribution in [3.8, 4) is 22.9 Å². The molecule has 1 aromatic carbocycles. The molecule has 5 nitrogen and oxygen atoms in total. The highest BCUT2D eigenvalue weighted by atomic mass is 16.5. The van der Waals surface area contributed by atoms with Crippen molar-refractivity contribution < 1.29 is 9.47 Å². The highest BCUT2D eigenvalue weighted by Gasteiger charge is 2.24. The lowest BCUT2D eigenvalue weighted by Gasteiger charge is -2.11. The minimum Gasteiger partial charge on any atom is -0.493 e. The first kappa shape index (κ1) is 12.9. The molecule has 0 atom stereocenters. The molecule has 110 valence electrons. The summed E-state index contributed by atoms with van der Waals surface area (Å²) < 4.78 is 10.7. The molecule has 0 radical (unpaired) electrons. The average molecular weight is 294 g/mol. The summed E-state index contributed by atoms with van der Waals surface area (Å²) in [5, 5.41) is 1.48. The maximum Gasteiger partial charge on any atom is 0.256 e. The molecule has 22 heavy (non-hydrogen) atoms. The van der Waals surface area contributed by atoms with Crippen molar-refractivity contribution in [1.82, 2.24) is 9.97 Å². The molecular weight excluding hydrogens is 280 g/mol. The summed E-state index contributed by atoms with van der Waals surface area (Å²) in [6.45, 7) is 0. The minimum atomic E-state index is -0.145. The van der Waals surface area contributed by atoms with Gasteiger partial charge < -0.3 is 14.5 Å². The molecule has 0 saturated heterocycles. The Morgan fingerprint density at radius 2 is 1.86 bits per heavy atom. The second-order valence-corrected chi connectivity index (χ2v) is 5.25. The summed E-state index contributed by atoms with van der Waals surface area (Å²) in [7, 11) is 3.15. The van der Waals surface area contributed by atoms with Gasteiger partial charge in [0.05, 0.1) is 31.0 Å². The number of hydrogen-bond acceptors (Lipinski definition) is 4. The van der Waals surface area contributed by atoms with E-state index in [0.29, 0.717) is 16.9 Å². The topological polar surface area (TPSA) is 64.2 Å². The molecule has 1 N–H and O–H groups in total. The number of aromatic nitrogens is 2. The zero-order valence-corrected chi connectivity index (χ0v) is 12.3. The second-order valence-electron chi connectivity index (χ2n) is 5.25. The number of methoxy groups -OCH3 is 2. The third-order valence-corrected chi connectivity index (χ3v) is 4.13. The van der Waals surface area contributed by atoms with Crippen molar-refractivity contribution in [2.75, 3.05) is 14.2 Å². The van der Waals surface area contributed by atoms with Crippen LogP contribution in [0.4, 0.5) is 0 Å². The Morgan fingerprint density at radius 3 is 2.59 bits per heavy atom. The van der Waals surface area contributed by atoms with Gasteiger partial charge >= 0.3 is 0 Å². The summed E-state index contributed by atoms with van der Waals surface area (Å²) in [5.41, 5.74) is 3.71. The number of nitrogens with zero attached hydrogens (tertiary/aromatic N) is 1. The number of H-pyrrole nitrogens is 1. The van der Waals surface area contributed by atoms with Crippen LogP contribution >= 0.6 is 0 Å². The summed E-state index contributed by atoms with van der Waals surface area (Å²) in [6, 6.07) is 7.54. The molecule has 0 saturated carbocycles. The Morgan fingerprint density at radius 1 is 1.14 bits per heavy atom. The Balaban J connectivity index is 2.09. The lowest BCUT2D eigenvalue weighted by molar-refractivity contribution is 0.356. The lowest BCUT2D eigenvalue weighted by atomic mass is 10.0. The smallest absolute Gasteiger partial charge is 0.256 e. The molecule has 5 heteroatoms. The van der Waals surface area contributed by atoms with Crippen LogP contribution in [0.15, 0.2) is 35.3 Å². The van der Waals surface area contributed by atoms with Crippen LogP contribution in [0, 0.1) is 0 Å². The number of hydrogen-bond donors (Lipinski definition) is 1. The van der Waals surface area contributed by atoms with Gasteiger partial charge in [-0.2, -0.15) is 0 Å². The van der Waals surface area contributed by atoms with E-state index >= 15 is 0 Å². The minimum absolute atomic E-state index is 0.145. The number of pyridine rings is 2. The van der Waals surface area contributed by atoms with Crippen molar-refractivity contribution in [2.24, 2.45) is 0 Å². The largest absolute Gasteiger partial charge is 0.493 e. The molecular formula is C17H14N2O3. The van der Waals surface area contributed by atoms with Gasteiger partial charge in [-0.05, 0) is 34.7 Å². The molecule has 0 unspecified atom stereocenters. The zero-order valence-electron chi connectivity index (χ0n) is 12.3. The van der Waals surface area contributed by atoms with Crippen LogP contribution in [-0.4, -0.2) is 24.2 Å². The van der Waals surface area contributed by atoms with E-state index in [1.54, 1.807) is 26.5 Å². The van der Waals surface area contributed by atoms with Crippen LogP contribution in [0.2, 0.25) is 0 Å². The van der Waals surface area contributed by atoms with Gasteiger partial charge in [0.15, 0.2) is 11.5 Å². The van der Waals surface area contributed by atoms with Crippen molar-refractivity contribution in [2.45, 2.75) is 6.42 Å². The average Bonchev–Trinajstić information content (AvgIpc) is 2.92. The van der Waals surface area contributed by atoms with E-state index in [1.807, 2.05) is 18.2 Å². The van der Waals surface area contributed by atoms with Crippen molar-refractivity contribution in [1.29, 1.82) is 0 Å². The van der Waals surface area contributed by atoms with E-state index in [2.05, 4.69) is 9.97 Å². The molecule has 0 fully saturated rings. The highest BCUT2D eigenvalue weighted by molar-refractivity contribution is 5.94. The Labute approximate surface area is 126 Å². The van der Waals surface area contributed by atoms with Crippen molar-refractivity contribution >= 4 is 10.8 Å². The monoisotopic (exact) mass is 294 g/mol. The highest BCUT2D eigenvalue weighted by Crippen LogP contribution is 2.39. The maximum absolute atomic E-state index is 12.4. The predicted octanol–water partition coefficient (Wildman–Crippen LogP) is 2.51. The predicted molar refractivity (Wildman–Crippen MR) is 83.7 cm³/mol. The number of rotatable bonds is 2. The molecule has 0 aliphatic heterocycles. The molecule has 2 aromatic heterocycles. The van der Waals surface area contributed by atoms with E-state index in [9.17, 15) is 4.79 Å². The van der Waals surface area contributed by atoms with E-state index in [1.165, 1.54) is 0 Å². The van der Waals surface area contributed by atoms with E-state index in [0.717, 1.165) is 34.3 Å². The first-order valence-corrected chi connectivity index (χ1v) is 6.98. The van der Waals surface area contributed by atoms with Gasteiger partial charge in [0.1, 0.15) is 0 Å². The van der Waals surface area contributed by atoms with Gasteiger partial charge in [0, 0.05) is 12.6 Å². The molecule has 4 rings (SSSR count). The zero-order chi connectivity index (χ0) is 15.3. The first-order chi connectivity index (χ1) is 10.7. The fraction of sp³-hybridized carbons (Fsp3) is 0.176. The molecule has 1 aliphatic carbocycles. The SMILES string of the molecule is COc1cc2c3c([nH]c(=O)c2cc1OC)-c1ncccc1C3. The fourth-order valence-electron chi connectivity index (χ4n) is 3.09. The van der Waals surface area contributed by atoms with Gasteiger partial charge in [-0.1, -0.05) is 6.07 Å². The third-order valence-electron chi connectivity index (χ3n) is 4.13. The number of benzene rings is 1. The second kappa shape index (κ2) is 4.59. The Bertz CT molecular complexity index is 960. The van der Waals surface area contributed by atoms with E-state index in [-0.39, 0.29) is 5.56 Å². The molecule has 0 bridgehead atoms. The van der Waals surface area contributed by atoms with Crippen molar-refractivity contribution in [3.05, 3.63) is 51.9 Å². The van der Waals surface area contributed by atoms with Crippen LogP contribution in [0.25, 0.3) is 22.2 Å². The van der Waals surface area contributed by atoms with Crippen LogP contribution < -0.4 is 15.0 Å². The molecule has 1 aliphatic rings. The van der Waals surface area contributed by atoms with Gasteiger partial charge in [-0.25, -0.2) is 0 Å². The summed E-state index contributed by atoms with van der Waals surface area (Å²) in [6.07, 6.45) is 2.49. The Hall–Kier alpha value is -2.82. The normalized spacial score (nSPS) is 12.1. The molecule has 3 aromatic rings. The van der Waals surface area contributed by atoms with E-state index < -0.39 is 0 Å². The fourth-order valence-corrected chi connectivity index (χ4v) is 3.09. The van der Waals surface area contributed by atoms with Gasteiger partial charge in [-0.3, -0.25) is 9.78 Å². The van der Waals surface area contributed by atoms with Crippen LogP contribution in [0.5, 0.6) is 11.5 Å². The third kappa shape index (κ3) is 1.65. The van der Waals surface area contributed by atoms with Crippen molar-refractivity contribution in [3.63, 3.8) is 0 Å². The quantitative estimate of drug-likeness (QED) is 0.617. The lowest BCUT2D eigenvalue weighted by Crippen LogP contribution is -2.09. The summed E-state index contributed by atoms with van der Waals surface area (Å²) >= 11 is 0. The number of fused-ring (bicyclic) bond motifs is 5.